The highest BCUT2D eigenvalue weighted by molar-refractivity contribution is 6.31. The summed E-state index contributed by atoms with van der Waals surface area (Å²) in [6.45, 7) is 0. The van der Waals surface area contributed by atoms with Gasteiger partial charge in [0.05, 0.1) is 0 Å². The maximum Gasteiger partial charge on any atom is 0.136 e. The Labute approximate surface area is 98.9 Å². The predicted octanol–water partition coefficient (Wildman–Crippen LogP) is 3.70. The highest BCUT2D eigenvalue weighted by Gasteiger charge is 2.12. The summed E-state index contributed by atoms with van der Waals surface area (Å²) in [5.41, 5.74) is 2.14. The molecule has 3 heteroatoms. The van der Waals surface area contributed by atoms with E-state index in [2.05, 4.69) is 0 Å². The fraction of sp³-hybridized carbons (Fsp3) is 0.308. The molecule has 0 radical (unpaired) electrons. The van der Waals surface area contributed by atoms with Crippen LogP contribution in [0.2, 0.25) is 5.02 Å². The zero-order valence-electron chi connectivity index (χ0n) is 8.80. The number of allylic oxidation sites excluding steroid dienone is 2. The first-order chi connectivity index (χ1) is 7.65. The van der Waals surface area contributed by atoms with Gasteiger partial charge in [0.1, 0.15) is 11.6 Å². The van der Waals surface area contributed by atoms with Crippen LogP contribution in [0.4, 0.5) is 4.39 Å². The van der Waals surface area contributed by atoms with Crippen molar-refractivity contribution in [1.29, 1.82) is 0 Å². The summed E-state index contributed by atoms with van der Waals surface area (Å²) in [5.74, 6) is -0.0319. The summed E-state index contributed by atoms with van der Waals surface area (Å²) in [6, 6.07) is 4.44. The van der Waals surface area contributed by atoms with E-state index < -0.39 is 0 Å². The molecular formula is C13H12ClFO. The molecule has 0 amide bonds. The van der Waals surface area contributed by atoms with Crippen molar-refractivity contribution in [3.63, 3.8) is 0 Å². The van der Waals surface area contributed by atoms with Crippen molar-refractivity contribution in [2.45, 2.75) is 25.7 Å². The van der Waals surface area contributed by atoms with Crippen LogP contribution in [0.3, 0.4) is 0 Å². The van der Waals surface area contributed by atoms with Gasteiger partial charge < -0.3 is 0 Å². The summed E-state index contributed by atoms with van der Waals surface area (Å²) in [5, 5.41) is 0.456. The number of carbonyl (C=O) groups excluding carboxylic acids is 1. The van der Waals surface area contributed by atoms with E-state index in [1.807, 2.05) is 6.08 Å². The first kappa shape index (κ1) is 11.3. The van der Waals surface area contributed by atoms with Gasteiger partial charge in [0, 0.05) is 17.9 Å². The van der Waals surface area contributed by atoms with Crippen molar-refractivity contribution in [2.75, 3.05) is 0 Å². The minimum atomic E-state index is -0.318. The average Bonchev–Trinajstić information content (AvgIpc) is 2.25. The summed E-state index contributed by atoms with van der Waals surface area (Å²) in [4.78, 5) is 11.1. The highest BCUT2D eigenvalue weighted by Crippen LogP contribution is 2.24. The maximum absolute atomic E-state index is 12.8. The van der Waals surface area contributed by atoms with Crippen LogP contribution in [0.5, 0.6) is 0 Å². The van der Waals surface area contributed by atoms with Crippen molar-refractivity contribution in [3.05, 3.63) is 46.3 Å². The molecule has 0 heterocycles. The third kappa shape index (κ3) is 2.70. The van der Waals surface area contributed by atoms with Gasteiger partial charge in [-0.2, -0.15) is 0 Å². The Hall–Kier alpha value is -1.15. The van der Waals surface area contributed by atoms with Crippen LogP contribution in [0, 0.1) is 5.82 Å². The quantitative estimate of drug-likeness (QED) is 0.718. The molecule has 0 aliphatic heterocycles. The van der Waals surface area contributed by atoms with Crippen LogP contribution in [0.15, 0.2) is 29.8 Å². The molecule has 0 atom stereocenters. The van der Waals surface area contributed by atoms with Crippen molar-refractivity contribution in [1.82, 2.24) is 0 Å². The molecule has 1 aliphatic rings. The van der Waals surface area contributed by atoms with Gasteiger partial charge in [-0.3, -0.25) is 4.79 Å². The monoisotopic (exact) mass is 238 g/mol. The van der Waals surface area contributed by atoms with E-state index in [1.165, 1.54) is 17.7 Å². The molecule has 0 N–H and O–H groups in total. The van der Waals surface area contributed by atoms with Crippen molar-refractivity contribution in [2.24, 2.45) is 0 Å². The lowest BCUT2D eigenvalue weighted by Gasteiger charge is -2.12. The van der Waals surface area contributed by atoms with Gasteiger partial charge in [-0.15, -0.1) is 0 Å². The number of Topliss-reactive ketones (excluding diaryl/α,β-unsaturated/α-hetero) is 1. The lowest BCUT2D eigenvalue weighted by atomic mass is 9.93. The fourth-order valence-electron chi connectivity index (χ4n) is 1.83. The molecule has 1 aromatic carbocycles. The number of benzene rings is 1. The third-order valence-electron chi connectivity index (χ3n) is 2.78. The van der Waals surface area contributed by atoms with E-state index in [4.69, 9.17) is 11.6 Å². The van der Waals surface area contributed by atoms with Crippen LogP contribution in [-0.4, -0.2) is 5.78 Å². The average molecular weight is 239 g/mol. The third-order valence-corrected chi connectivity index (χ3v) is 3.13. The largest absolute Gasteiger partial charge is 0.299 e. The Kier molecular flexibility index (Phi) is 3.39. The van der Waals surface area contributed by atoms with Crippen molar-refractivity contribution >= 4 is 17.4 Å². The van der Waals surface area contributed by atoms with Crippen LogP contribution in [0.25, 0.3) is 0 Å². The molecule has 0 fully saturated rings. The molecule has 1 nitrogen and oxygen atoms in total. The second-order valence-electron chi connectivity index (χ2n) is 4.02. The van der Waals surface area contributed by atoms with E-state index in [0.29, 0.717) is 24.3 Å². The minimum absolute atomic E-state index is 0.286. The van der Waals surface area contributed by atoms with E-state index in [0.717, 1.165) is 12.0 Å². The number of ketones is 1. The van der Waals surface area contributed by atoms with Gasteiger partial charge >= 0.3 is 0 Å². The second kappa shape index (κ2) is 4.79. The number of hydrogen-bond donors (Lipinski definition) is 0. The zero-order valence-corrected chi connectivity index (χ0v) is 9.56. The van der Waals surface area contributed by atoms with Crippen LogP contribution >= 0.6 is 11.6 Å². The molecule has 0 unspecified atom stereocenters. The molecule has 84 valence electrons. The van der Waals surface area contributed by atoms with Crippen molar-refractivity contribution < 1.29 is 9.18 Å². The first-order valence-corrected chi connectivity index (χ1v) is 5.66. The second-order valence-corrected chi connectivity index (χ2v) is 4.42. The number of rotatable bonds is 2. The number of halogens is 2. The van der Waals surface area contributed by atoms with Gasteiger partial charge in [-0.05, 0) is 30.5 Å². The topological polar surface area (TPSA) is 17.1 Å². The van der Waals surface area contributed by atoms with E-state index in [9.17, 15) is 9.18 Å². The molecule has 0 saturated heterocycles. The Bertz CT molecular complexity index is 451. The Morgan fingerprint density at radius 3 is 2.75 bits per heavy atom. The Morgan fingerprint density at radius 1 is 1.31 bits per heavy atom. The lowest BCUT2D eigenvalue weighted by molar-refractivity contribution is -0.118. The molecule has 0 aromatic heterocycles. The predicted molar refractivity (Wildman–Crippen MR) is 62.1 cm³/mol. The van der Waals surface area contributed by atoms with E-state index >= 15 is 0 Å². The molecule has 2 rings (SSSR count). The maximum atomic E-state index is 12.8. The highest BCUT2D eigenvalue weighted by atomic mass is 35.5. The van der Waals surface area contributed by atoms with Gasteiger partial charge in [-0.25, -0.2) is 4.39 Å². The molecule has 1 aliphatic carbocycles. The summed E-state index contributed by atoms with van der Waals surface area (Å²) < 4.78 is 12.8. The van der Waals surface area contributed by atoms with Crippen LogP contribution < -0.4 is 0 Å². The van der Waals surface area contributed by atoms with Crippen LogP contribution in [0.1, 0.15) is 24.8 Å². The van der Waals surface area contributed by atoms with Gasteiger partial charge in [-0.1, -0.05) is 29.3 Å². The zero-order chi connectivity index (χ0) is 11.5. The van der Waals surface area contributed by atoms with Gasteiger partial charge in [0.15, 0.2) is 0 Å². The fourth-order valence-corrected chi connectivity index (χ4v) is 2.07. The van der Waals surface area contributed by atoms with Crippen molar-refractivity contribution in [3.8, 4) is 0 Å². The number of hydrogen-bond acceptors (Lipinski definition) is 1. The molecule has 0 saturated carbocycles. The summed E-state index contributed by atoms with van der Waals surface area (Å²) in [6.07, 6.45) is 4.61. The first-order valence-electron chi connectivity index (χ1n) is 5.28. The minimum Gasteiger partial charge on any atom is -0.299 e. The molecule has 1 aromatic rings. The SMILES string of the molecule is O=C1CC=C(Cc2ccc(F)cc2Cl)CC1. The standard InChI is InChI=1S/C13H12ClFO/c14-13-8-11(15)4-3-10(13)7-9-1-5-12(16)6-2-9/h1,3-4,8H,2,5-7H2. The normalized spacial score (nSPS) is 16.1. The molecule has 0 spiro atoms. The molecule has 16 heavy (non-hydrogen) atoms. The number of carbonyl (C=O) groups is 1. The van der Waals surface area contributed by atoms with Crippen LogP contribution in [-0.2, 0) is 11.2 Å². The smallest absolute Gasteiger partial charge is 0.136 e. The van der Waals surface area contributed by atoms with E-state index in [-0.39, 0.29) is 11.6 Å². The summed E-state index contributed by atoms with van der Waals surface area (Å²) in [7, 11) is 0. The summed E-state index contributed by atoms with van der Waals surface area (Å²) >= 11 is 5.94. The molecule has 0 bridgehead atoms. The van der Waals surface area contributed by atoms with Gasteiger partial charge in [0.2, 0.25) is 0 Å². The van der Waals surface area contributed by atoms with E-state index in [1.54, 1.807) is 6.07 Å². The Balaban J connectivity index is 2.12. The lowest BCUT2D eigenvalue weighted by Crippen LogP contribution is -2.05. The Morgan fingerprint density at radius 2 is 2.12 bits per heavy atom. The molecular weight excluding hydrogens is 227 g/mol. The van der Waals surface area contributed by atoms with Gasteiger partial charge in [0.25, 0.3) is 0 Å².